The van der Waals surface area contributed by atoms with Crippen LogP contribution >= 0.6 is 0 Å². The summed E-state index contributed by atoms with van der Waals surface area (Å²) in [6, 6.07) is 0. The normalized spacial score (nSPS) is 45.2. The van der Waals surface area contributed by atoms with E-state index in [1.54, 1.807) is 6.08 Å². The number of ketones is 1. The van der Waals surface area contributed by atoms with Crippen LogP contribution < -0.4 is 0 Å². The minimum Gasteiger partial charge on any atom is -0.463 e. The molecule has 3 fully saturated rings. The Labute approximate surface area is 157 Å². The molecule has 0 heterocycles. The Morgan fingerprint density at radius 1 is 1.19 bits per heavy atom. The number of esters is 1. The lowest BCUT2D eigenvalue weighted by molar-refractivity contribution is -0.152. The lowest BCUT2D eigenvalue weighted by atomic mass is 9.47. The SMILES string of the molecule is CC(=O)O[C@@H](C)[C@@H]1CC[C@@H]2[C@H]3CCC4=CC(=O)C=C[C@]4(C)[C@@H]3CC[C@@]21C. The van der Waals surface area contributed by atoms with Gasteiger partial charge in [-0.3, -0.25) is 9.59 Å². The van der Waals surface area contributed by atoms with E-state index in [4.69, 9.17) is 4.74 Å². The lowest BCUT2D eigenvalue weighted by Gasteiger charge is -2.57. The number of fused-ring (bicyclic) bond motifs is 5. The van der Waals surface area contributed by atoms with Gasteiger partial charge in [0.2, 0.25) is 0 Å². The first-order chi connectivity index (χ1) is 12.3. The summed E-state index contributed by atoms with van der Waals surface area (Å²) >= 11 is 0. The number of allylic oxidation sites excluding steroid dienone is 4. The van der Waals surface area contributed by atoms with Crippen LogP contribution in [0.1, 0.15) is 66.2 Å². The molecule has 0 aliphatic heterocycles. The molecule has 0 unspecified atom stereocenters. The van der Waals surface area contributed by atoms with Gasteiger partial charge in [0, 0.05) is 18.3 Å². The van der Waals surface area contributed by atoms with Crippen LogP contribution in [0.25, 0.3) is 0 Å². The Hall–Kier alpha value is -1.38. The number of hydrogen-bond donors (Lipinski definition) is 0. The Bertz CT molecular complexity index is 690. The third-order valence-electron chi connectivity index (χ3n) is 8.55. The van der Waals surface area contributed by atoms with E-state index >= 15 is 0 Å². The van der Waals surface area contributed by atoms with E-state index in [0.29, 0.717) is 17.8 Å². The first-order valence-corrected chi connectivity index (χ1v) is 10.4. The molecule has 3 nitrogen and oxygen atoms in total. The average molecular weight is 357 g/mol. The first-order valence-electron chi connectivity index (χ1n) is 10.4. The molecule has 0 amide bonds. The molecule has 3 heteroatoms. The molecule has 142 valence electrons. The van der Waals surface area contributed by atoms with Crippen molar-refractivity contribution in [1.29, 1.82) is 0 Å². The molecule has 0 aromatic rings. The van der Waals surface area contributed by atoms with Gasteiger partial charge in [0.15, 0.2) is 5.78 Å². The number of ether oxygens (including phenoxy) is 1. The van der Waals surface area contributed by atoms with Crippen LogP contribution in [0.4, 0.5) is 0 Å². The Kier molecular flexibility index (Phi) is 4.20. The summed E-state index contributed by atoms with van der Waals surface area (Å²) in [6.45, 7) is 8.42. The highest BCUT2D eigenvalue weighted by molar-refractivity contribution is 6.01. The molecule has 0 radical (unpaired) electrons. The van der Waals surface area contributed by atoms with Crippen molar-refractivity contribution in [3.8, 4) is 0 Å². The van der Waals surface area contributed by atoms with Gasteiger partial charge in [0.05, 0.1) is 0 Å². The van der Waals surface area contributed by atoms with Crippen molar-refractivity contribution in [3.63, 3.8) is 0 Å². The van der Waals surface area contributed by atoms with E-state index < -0.39 is 0 Å². The molecule has 4 aliphatic rings. The van der Waals surface area contributed by atoms with Gasteiger partial charge in [-0.2, -0.15) is 0 Å². The van der Waals surface area contributed by atoms with E-state index in [0.717, 1.165) is 12.3 Å². The topological polar surface area (TPSA) is 43.4 Å². The predicted molar refractivity (Wildman–Crippen MR) is 101 cm³/mol. The van der Waals surface area contributed by atoms with Crippen molar-refractivity contribution >= 4 is 11.8 Å². The first kappa shape index (κ1) is 18.0. The number of hydrogen-bond acceptors (Lipinski definition) is 3. The molecule has 3 saturated carbocycles. The van der Waals surface area contributed by atoms with E-state index in [1.165, 1.54) is 44.6 Å². The zero-order chi connectivity index (χ0) is 18.7. The van der Waals surface area contributed by atoms with Gasteiger partial charge in [-0.1, -0.05) is 25.5 Å². The fourth-order valence-corrected chi connectivity index (χ4v) is 7.35. The largest absolute Gasteiger partial charge is 0.463 e. The van der Waals surface area contributed by atoms with Crippen LogP contribution in [0.15, 0.2) is 23.8 Å². The van der Waals surface area contributed by atoms with Gasteiger partial charge in [-0.05, 0) is 80.8 Å². The van der Waals surface area contributed by atoms with Gasteiger partial charge < -0.3 is 4.74 Å². The highest BCUT2D eigenvalue weighted by atomic mass is 16.5. The Balaban J connectivity index is 1.60. The monoisotopic (exact) mass is 356 g/mol. The van der Waals surface area contributed by atoms with Crippen molar-refractivity contribution in [1.82, 2.24) is 0 Å². The van der Waals surface area contributed by atoms with Crippen LogP contribution in [0.3, 0.4) is 0 Å². The molecular weight excluding hydrogens is 324 g/mol. The molecule has 4 rings (SSSR count). The van der Waals surface area contributed by atoms with E-state index in [1.807, 2.05) is 6.08 Å². The molecule has 0 spiro atoms. The average Bonchev–Trinajstić information content (AvgIpc) is 2.92. The van der Waals surface area contributed by atoms with Crippen LogP contribution in [-0.4, -0.2) is 17.9 Å². The summed E-state index contributed by atoms with van der Waals surface area (Å²) in [5, 5.41) is 0. The molecule has 0 saturated heterocycles. The molecule has 4 aliphatic carbocycles. The second kappa shape index (κ2) is 6.07. The smallest absolute Gasteiger partial charge is 0.302 e. The maximum Gasteiger partial charge on any atom is 0.302 e. The zero-order valence-corrected chi connectivity index (χ0v) is 16.6. The quantitative estimate of drug-likeness (QED) is 0.664. The molecule has 0 bridgehead atoms. The van der Waals surface area contributed by atoms with E-state index in [-0.39, 0.29) is 28.7 Å². The van der Waals surface area contributed by atoms with E-state index in [2.05, 4.69) is 26.8 Å². The molecule has 7 atom stereocenters. The van der Waals surface area contributed by atoms with Gasteiger partial charge in [-0.25, -0.2) is 0 Å². The van der Waals surface area contributed by atoms with Crippen molar-refractivity contribution in [2.24, 2.45) is 34.5 Å². The van der Waals surface area contributed by atoms with E-state index in [9.17, 15) is 9.59 Å². The summed E-state index contributed by atoms with van der Waals surface area (Å²) in [5.41, 5.74) is 1.71. The van der Waals surface area contributed by atoms with Gasteiger partial charge >= 0.3 is 5.97 Å². The molecule has 0 aromatic carbocycles. The summed E-state index contributed by atoms with van der Waals surface area (Å²) < 4.78 is 5.61. The standard InChI is InChI=1S/C23H32O3/c1-14(26-15(2)24)19-7-8-20-18-6-5-16-13-17(25)9-11-22(16,3)21(18)10-12-23(19,20)4/h9,11,13-14,18-21H,5-8,10,12H2,1-4H3/t14-,18+,19-,20+,21+,22-,23+/m0/s1. The van der Waals surface area contributed by atoms with Crippen LogP contribution in [-0.2, 0) is 14.3 Å². The summed E-state index contributed by atoms with van der Waals surface area (Å²) in [6.07, 6.45) is 13.0. The Morgan fingerprint density at radius 3 is 2.69 bits per heavy atom. The van der Waals surface area contributed by atoms with Gasteiger partial charge in [0.25, 0.3) is 0 Å². The molecule has 0 N–H and O–H groups in total. The maximum absolute atomic E-state index is 11.9. The number of carbonyl (C=O) groups is 2. The van der Waals surface area contributed by atoms with Crippen molar-refractivity contribution in [2.45, 2.75) is 72.3 Å². The fraction of sp³-hybridized carbons (Fsp3) is 0.739. The minimum atomic E-state index is -0.157. The predicted octanol–water partition coefficient (Wildman–Crippen LogP) is 4.86. The zero-order valence-electron chi connectivity index (χ0n) is 16.6. The second-order valence-electron chi connectivity index (χ2n) is 9.65. The van der Waals surface area contributed by atoms with Crippen LogP contribution in [0.5, 0.6) is 0 Å². The molecule has 26 heavy (non-hydrogen) atoms. The fourth-order valence-electron chi connectivity index (χ4n) is 7.35. The van der Waals surface area contributed by atoms with Crippen LogP contribution in [0, 0.1) is 34.5 Å². The van der Waals surface area contributed by atoms with Gasteiger partial charge in [0.1, 0.15) is 6.10 Å². The summed E-state index contributed by atoms with van der Waals surface area (Å²) in [5.74, 6) is 2.57. The van der Waals surface area contributed by atoms with Crippen molar-refractivity contribution < 1.29 is 14.3 Å². The Morgan fingerprint density at radius 2 is 1.96 bits per heavy atom. The molecule has 0 aromatic heterocycles. The number of carbonyl (C=O) groups excluding carboxylic acids is 2. The second-order valence-corrected chi connectivity index (χ2v) is 9.65. The third kappa shape index (κ3) is 2.53. The lowest BCUT2D eigenvalue weighted by Crippen LogP contribution is -2.50. The maximum atomic E-state index is 11.9. The van der Waals surface area contributed by atoms with Gasteiger partial charge in [-0.15, -0.1) is 0 Å². The highest BCUT2D eigenvalue weighted by Crippen LogP contribution is 2.66. The number of rotatable bonds is 2. The summed E-state index contributed by atoms with van der Waals surface area (Å²) in [4.78, 5) is 23.3. The van der Waals surface area contributed by atoms with Crippen molar-refractivity contribution in [2.75, 3.05) is 0 Å². The van der Waals surface area contributed by atoms with Crippen LogP contribution in [0.2, 0.25) is 0 Å². The molecular formula is C23H32O3. The highest BCUT2D eigenvalue weighted by Gasteiger charge is 2.59. The minimum absolute atomic E-state index is 0.0147. The third-order valence-corrected chi connectivity index (χ3v) is 8.55. The van der Waals surface area contributed by atoms with Crippen molar-refractivity contribution in [3.05, 3.63) is 23.8 Å². The summed E-state index contributed by atoms with van der Waals surface area (Å²) in [7, 11) is 0.